The quantitative estimate of drug-likeness (QED) is 0.586. The molecule has 1 saturated carbocycles. The minimum absolute atomic E-state index is 0.141. The molecule has 4 rings (SSSR count). The van der Waals surface area contributed by atoms with Gasteiger partial charge in [-0.05, 0) is 37.7 Å². The van der Waals surface area contributed by atoms with Crippen LogP contribution in [0.1, 0.15) is 37.3 Å². The lowest BCUT2D eigenvalue weighted by Gasteiger charge is -2.31. The van der Waals surface area contributed by atoms with E-state index in [-0.39, 0.29) is 13.2 Å². The Bertz CT molecular complexity index is 846. The maximum Gasteiger partial charge on any atom is 0.141 e. The minimum atomic E-state index is 0.141. The number of rotatable bonds is 7. The molecule has 3 N–H and O–H groups in total. The van der Waals surface area contributed by atoms with Crippen molar-refractivity contribution < 1.29 is 10.2 Å². The highest BCUT2D eigenvalue weighted by Gasteiger charge is 2.27. The number of hydrogen-bond acceptors (Lipinski definition) is 6. The molecule has 26 heavy (non-hydrogen) atoms. The lowest BCUT2D eigenvalue weighted by molar-refractivity contribution is 0.131. The third-order valence-electron chi connectivity index (χ3n) is 5.58. The minimum Gasteiger partial charge on any atom is -0.395 e. The molecular formula is C18H26N6O2. The second-order valence-electron chi connectivity index (χ2n) is 7.22. The predicted molar refractivity (Wildman–Crippen MR) is 97.9 cm³/mol. The fraction of sp³-hybridized carbons (Fsp3) is 0.611. The standard InChI is InChI=1S/C18H26N6O2/c25-9-7-23(8-10-26)11-13-1-3-14(4-2-13)16-17-15-5-6-19-18(15)20-12-24(17)22-21-16/h5-6,12-14,19,25-26H,1-4,7-11H2. The molecule has 0 spiro atoms. The SMILES string of the molecule is OCCN(CCO)CC1CCC(c2nnn3cnc4[nH]ccc4c23)CC1. The summed E-state index contributed by atoms with van der Waals surface area (Å²) in [5, 5.41) is 28.2. The molecule has 8 nitrogen and oxygen atoms in total. The molecule has 0 aliphatic heterocycles. The zero-order valence-corrected chi connectivity index (χ0v) is 14.9. The molecule has 0 atom stereocenters. The molecule has 0 aromatic carbocycles. The van der Waals surface area contributed by atoms with E-state index in [2.05, 4.69) is 25.2 Å². The highest BCUT2D eigenvalue weighted by Crippen LogP contribution is 2.37. The topological polar surface area (TPSA) is 103 Å². The lowest BCUT2D eigenvalue weighted by atomic mass is 9.80. The van der Waals surface area contributed by atoms with Crippen LogP contribution < -0.4 is 0 Å². The summed E-state index contributed by atoms with van der Waals surface area (Å²) in [6.45, 7) is 2.50. The molecule has 140 valence electrons. The van der Waals surface area contributed by atoms with Gasteiger partial charge in [-0.3, -0.25) is 4.90 Å². The summed E-state index contributed by atoms with van der Waals surface area (Å²) in [7, 11) is 0. The Balaban J connectivity index is 1.47. The van der Waals surface area contributed by atoms with Gasteiger partial charge in [-0.2, -0.15) is 0 Å². The third-order valence-corrected chi connectivity index (χ3v) is 5.58. The molecule has 0 amide bonds. The summed E-state index contributed by atoms with van der Waals surface area (Å²) in [6, 6.07) is 2.04. The van der Waals surface area contributed by atoms with Crippen LogP contribution in [0.2, 0.25) is 0 Å². The normalized spacial score (nSPS) is 21.2. The first-order chi connectivity index (χ1) is 12.8. The van der Waals surface area contributed by atoms with Crippen LogP contribution in [0.4, 0.5) is 0 Å². The number of aliphatic hydroxyl groups is 2. The fourth-order valence-corrected chi connectivity index (χ4v) is 4.25. The molecule has 0 bridgehead atoms. The molecule has 3 aromatic rings. The smallest absolute Gasteiger partial charge is 0.141 e. The van der Waals surface area contributed by atoms with Crippen molar-refractivity contribution in [1.82, 2.24) is 29.7 Å². The van der Waals surface area contributed by atoms with Crippen LogP contribution >= 0.6 is 0 Å². The maximum atomic E-state index is 9.18. The first kappa shape index (κ1) is 17.4. The summed E-state index contributed by atoms with van der Waals surface area (Å²) in [4.78, 5) is 9.68. The Hall–Kier alpha value is -2.03. The van der Waals surface area contributed by atoms with Gasteiger partial charge in [0, 0.05) is 37.1 Å². The second kappa shape index (κ2) is 7.69. The summed E-state index contributed by atoms with van der Waals surface area (Å²) in [5.74, 6) is 1.04. The van der Waals surface area contributed by atoms with Crippen molar-refractivity contribution in [2.45, 2.75) is 31.6 Å². The average Bonchev–Trinajstić information content (AvgIpc) is 3.29. The summed E-state index contributed by atoms with van der Waals surface area (Å²) >= 11 is 0. The lowest BCUT2D eigenvalue weighted by Crippen LogP contribution is -2.35. The van der Waals surface area contributed by atoms with E-state index in [4.69, 9.17) is 0 Å². The van der Waals surface area contributed by atoms with Gasteiger partial charge in [0.2, 0.25) is 0 Å². The van der Waals surface area contributed by atoms with E-state index in [0.29, 0.717) is 24.9 Å². The Labute approximate surface area is 151 Å². The monoisotopic (exact) mass is 358 g/mol. The van der Waals surface area contributed by atoms with Crippen molar-refractivity contribution in [1.29, 1.82) is 0 Å². The number of fused-ring (bicyclic) bond motifs is 3. The van der Waals surface area contributed by atoms with Crippen LogP contribution in [-0.4, -0.2) is 72.8 Å². The van der Waals surface area contributed by atoms with E-state index in [0.717, 1.165) is 54.5 Å². The van der Waals surface area contributed by atoms with Crippen LogP contribution in [0.25, 0.3) is 16.6 Å². The number of nitrogens with one attached hydrogen (secondary N) is 1. The maximum absolute atomic E-state index is 9.18. The summed E-state index contributed by atoms with van der Waals surface area (Å²) in [5.41, 5.74) is 3.03. The van der Waals surface area contributed by atoms with Gasteiger partial charge in [0.05, 0.1) is 18.9 Å². The molecule has 3 heterocycles. The van der Waals surface area contributed by atoms with E-state index < -0.39 is 0 Å². The Kier molecular flexibility index (Phi) is 5.14. The van der Waals surface area contributed by atoms with Crippen molar-refractivity contribution in [2.75, 3.05) is 32.8 Å². The highest BCUT2D eigenvalue weighted by molar-refractivity contribution is 5.92. The fourth-order valence-electron chi connectivity index (χ4n) is 4.25. The molecule has 3 aromatic heterocycles. The van der Waals surface area contributed by atoms with Crippen LogP contribution in [0, 0.1) is 5.92 Å². The molecule has 0 unspecified atom stereocenters. The zero-order chi connectivity index (χ0) is 17.9. The number of hydrogen-bond donors (Lipinski definition) is 3. The van der Waals surface area contributed by atoms with Crippen LogP contribution in [-0.2, 0) is 0 Å². The van der Waals surface area contributed by atoms with Gasteiger partial charge >= 0.3 is 0 Å². The van der Waals surface area contributed by atoms with E-state index in [1.165, 1.54) is 0 Å². The first-order valence-electron chi connectivity index (χ1n) is 9.41. The Morgan fingerprint density at radius 3 is 2.65 bits per heavy atom. The zero-order valence-electron chi connectivity index (χ0n) is 14.9. The van der Waals surface area contributed by atoms with Crippen molar-refractivity contribution in [3.05, 3.63) is 24.3 Å². The molecule has 1 fully saturated rings. The van der Waals surface area contributed by atoms with Crippen molar-refractivity contribution in [3.63, 3.8) is 0 Å². The van der Waals surface area contributed by atoms with Crippen molar-refractivity contribution in [2.24, 2.45) is 5.92 Å². The van der Waals surface area contributed by atoms with Gasteiger partial charge in [-0.25, -0.2) is 9.50 Å². The van der Waals surface area contributed by atoms with Crippen LogP contribution in [0.3, 0.4) is 0 Å². The van der Waals surface area contributed by atoms with E-state index in [9.17, 15) is 10.2 Å². The number of aromatic amines is 1. The average molecular weight is 358 g/mol. The molecule has 0 radical (unpaired) electrons. The second-order valence-corrected chi connectivity index (χ2v) is 7.22. The van der Waals surface area contributed by atoms with Crippen LogP contribution in [0.15, 0.2) is 18.6 Å². The number of aliphatic hydroxyl groups excluding tert-OH is 2. The number of H-pyrrole nitrogens is 1. The Morgan fingerprint density at radius 2 is 1.92 bits per heavy atom. The third kappa shape index (κ3) is 3.32. The number of aromatic nitrogens is 5. The summed E-state index contributed by atoms with van der Waals surface area (Å²) in [6.07, 6.45) is 8.09. The Morgan fingerprint density at radius 1 is 1.15 bits per heavy atom. The van der Waals surface area contributed by atoms with Gasteiger partial charge in [-0.15, -0.1) is 5.10 Å². The van der Waals surface area contributed by atoms with Crippen LogP contribution in [0.5, 0.6) is 0 Å². The van der Waals surface area contributed by atoms with Gasteiger partial charge in [0.25, 0.3) is 0 Å². The largest absolute Gasteiger partial charge is 0.395 e. The van der Waals surface area contributed by atoms with Crippen molar-refractivity contribution in [3.8, 4) is 0 Å². The van der Waals surface area contributed by atoms with Crippen molar-refractivity contribution >= 4 is 16.6 Å². The predicted octanol–water partition coefficient (Wildman–Crippen LogP) is 1.17. The van der Waals surface area contributed by atoms with Gasteiger partial charge in [0.1, 0.15) is 17.5 Å². The van der Waals surface area contributed by atoms with E-state index >= 15 is 0 Å². The first-order valence-corrected chi connectivity index (χ1v) is 9.41. The summed E-state index contributed by atoms with van der Waals surface area (Å²) < 4.78 is 1.78. The molecule has 1 aliphatic carbocycles. The molecular weight excluding hydrogens is 332 g/mol. The molecule has 8 heteroatoms. The van der Waals surface area contributed by atoms with Gasteiger partial charge < -0.3 is 15.2 Å². The van der Waals surface area contributed by atoms with E-state index in [1.807, 2.05) is 12.3 Å². The van der Waals surface area contributed by atoms with Gasteiger partial charge in [-0.1, -0.05) is 5.21 Å². The van der Waals surface area contributed by atoms with E-state index in [1.54, 1.807) is 10.8 Å². The molecule has 1 aliphatic rings. The van der Waals surface area contributed by atoms with Gasteiger partial charge in [0.15, 0.2) is 0 Å². The number of nitrogens with zero attached hydrogens (tertiary/aromatic N) is 5. The highest BCUT2D eigenvalue weighted by atomic mass is 16.3. The molecule has 0 saturated heterocycles.